The Kier molecular flexibility index (Phi) is 7.41. The average molecular weight is 281 g/mol. The molecule has 0 saturated heterocycles. The number of carbonyl (C=O) groups is 1. The van der Waals surface area contributed by atoms with Gasteiger partial charge in [-0.25, -0.2) is 4.39 Å². The number of hydrogen-bond acceptors (Lipinski definition) is 3. The zero-order valence-electron chi connectivity index (χ0n) is 12.3. The second-order valence-corrected chi connectivity index (χ2v) is 4.91. The number of aliphatic hydroxyl groups is 1. The van der Waals surface area contributed by atoms with Crippen molar-refractivity contribution >= 4 is 5.78 Å². The second-order valence-electron chi connectivity index (χ2n) is 4.91. The summed E-state index contributed by atoms with van der Waals surface area (Å²) in [7, 11) is 0. The Morgan fingerprint density at radius 3 is 2.30 bits per heavy atom. The van der Waals surface area contributed by atoms with Gasteiger partial charge in [0.2, 0.25) is 0 Å². The molecule has 112 valence electrons. The van der Waals surface area contributed by atoms with Gasteiger partial charge in [-0.3, -0.25) is 9.69 Å². The molecular formula is C16H24FNO2. The summed E-state index contributed by atoms with van der Waals surface area (Å²) in [6.07, 6.45) is 2.39. The molecule has 20 heavy (non-hydrogen) atoms. The average Bonchev–Trinajstić information content (AvgIpc) is 2.46. The minimum atomic E-state index is -0.333. The highest BCUT2D eigenvalue weighted by atomic mass is 19.1. The molecule has 0 saturated carbocycles. The van der Waals surface area contributed by atoms with Crippen LogP contribution in [0.3, 0.4) is 0 Å². The highest BCUT2D eigenvalue weighted by molar-refractivity contribution is 5.96. The smallest absolute Gasteiger partial charge is 0.164 e. The van der Waals surface area contributed by atoms with E-state index in [4.69, 9.17) is 5.11 Å². The Hall–Kier alpha value is -1.26. The second kappa shape index (κ2) is 8.82. The maximum atomic E-state index is 12.8. The minimum Gasteiger partial charge on any atom is -0.395 e. The molecule has 1 N–H and O–H groups in total. The molecule has 0 spiro atoms. The molecule has 0 fully saturated rings. The van der Waals surface area contributed by atoms with E-state index >= 15 is 0 Å². The third-order valence-electron chi connectivity index (χ3n) is 3.64. The number of aliphatic hydroxyl groups excluding tert-OH is 1. The summed E-state index contributed by atoms with van der Waals surface area (Å²) in [4.78, 5) is 14.2. The van der Waals surface area contributed by atoms with Crippen LogP contribution in [0.2, 0.25) is 0 Å². The van der Waals surface area contributed by atoms with Crippen LogP contribution in [0.25, 0.3) is 0 Å². The van der Waals surface area contributed by atoms with Crippen molar-refractivity contribution in [1.29, 1.82) is 0 Å². The van der Waals surface area contributed by atoms with Crippen molar-refractivity contribution < 1.29 is 14.3 Å². The number of Topliss-reactive ketones (excluding diaryl/α,β-unsaturated/α-hetero) is 1. The molecule has 1 aromatic carbocycles. The quantitative estimate of drug-likeness (QED) is 0.708. The zero-order valence-corrected chi connectivity index (χ0v) is 12.3. The molecule has 0 unspecified atom stereocenters. The highest BCUT2D eigenvalue weighted by Gasteiger charge is 2.16. The van der Waals surface area contributed by atoms with Crippen LogP contribution < -0.4 is 0 Å². The molecule has 1 aromatic rings. The molecular weight excluding hydrogens is 257 g/mol. The number of benzene rings is 1. The van der Waals surface area contributed by atoms with E-state index in [0.29, 0.717) is 31.1 Å². The minimum absolute atomic E-state index is 0.0129. The van der Waals surface area contributed by atoms with Crippen LogP contribution in [0.5, 0.6) is 0 Å². The van der Waals surface area contributed by atoms with Crippen LogP contribution in [0.1, 0.15) is 43.5 Å². The normalized spacial score (nSPS) is 11.3. The van der Waals surface area contributed by atoms with Gasteiger partial charge in [-0.1, -0.05) is 13.8 Å². The Balaban J connectivity index is 2.58. The fraction of sp³-hybridized carbons (Fsp3) is 0.562. The van der Waals surface area contributed by atoms with Crippen LogP contribution >= 0.6 is 0 Å². The molecule has 0 heterocycles. The molecule has 3 nitrogen and oxygen atoms in total. The monoisotopic (exact) mass is 281 g/mol. The molecule has 0 aliphatic carbocycles. The lowest BCUT2D eigenvalue weighted by atomic mass is 10.1. The number of ketones is 1. The number of rotatable bonds is 9. The third-order valence-corrected chi connectivity index (χ3v) is 3.64. The maximum absolute atomic E-state index is 12.8. The van der Waals surface area contributed by atoms with Crippen LogP contribution in [-0.4, -0.2) is 41.5 Å². The largest absolute Gasteiger partial charge is 0.395 e. The first kappa shape index (κ1) is 16.8. The number of halogens is 1. The van der Waals surface area contributed by atoms with E-state index in [1.165, 1.54) is 24.3 Å². The van der Waals surface area contributed by atoms with Crippen molar-refractivity contribution in [2.24, 2.45) is 0 Å². The number of carbonyl (C=O) groups excluding carboxylic acids is 1. The molecule has 1 rings (SSSR count). The SMILES string of the molecule is CCC(CC)N(CCO)CCC(=O)c1ccc(F)cc1. The van der Waals surface area contributed by atoms with Crippen molar-refractivity contribution in [3.63, 3.8) is 0 Å². The van der Waals surface area contributed by atoms with E-state index in [1.807, 2.05) is 0 Å². The van der Waals surface area contributed by atoms with Gasteiger partial charge in [-0.15, -0.1) is 0 Å². The number of hydrogen-bond donors (Lipinski definition) is 1. The summed E-state index contributed by atoms with van der Waals surface area (Å²) >= 11 is 0. The zero-order chi connectivity index (χ0) is 15.0. The van der Waals surface area contributed by atoms with Crippen molar-refractivity contribution in [2.45, 2.75) is 39.2 Å². The summed E-state index contributed by atoms with van der Waals surface area (Å²) < 4.78 is 12.8. The fourth-order valence-corrected chi connectivity index (χ4v) is 2.44. The highest BCUT2D eigenvalue weighted by Crippen LogP contribution is 2.11. The van der Waals surface area contributed by atoms with Gasteiger partial charge in [0, 0.05) is 31.1 Å². The van der Waals surface area contributed by atoms with E-state index in [1.54, 1.807) is 0 Å². The van der Waals surface area contributed by atoms with Crippen molar-refractivity contribution in [1.82, 2.24) is 4.90 Å². The fourth-order valence-electron chi connectivity index (χ4n) is 2.44. The molecule has 0 aliphatic rings. The predicted octanol–water partition coefficient (Wildman–Crippen LogP) is 2.88. The standard InChI is InChI=1S/C16H24FNO2/c1-3-15(4-2)18(11-12-19)10-9-16(20)13-5-7-14(17)8-6-13/h5-8,15,19H,3-4,9-12H2,1-2H3. The van der Waals surface area contributed by atoms with E-state index in [0.717, 1.165) is 12.8 Å². The van der Waals surface area contributed by atoms with E-state index in [9.17, 15) is 9.18 Å². The third kappa shape index (κ3) is 5.02. The first-order chi connectivity index (χ1) is 9.62. The predicted molar refractivity (Wildman–Crippen MR) is 78.4 cm³/mol. The molecule has 0 aromatic heterocycles. The van der Waals surface area contributed by atoms with Crippen molar-refractivity contribution in [2.75, 3.05) is 19.7 Å². The maximum Gasteiger partial charge on any atom is 0.164 e. The molecule has 0 atom stereocenters. The van der Waals surface area contributed by atoms with Crippen molar-refractivity contribution in [3.05, 3.63) is 35.6 Å². The van der Waals surface area contributed by atoms with Gasteiger partial charge in [0.05, 0.1) is 6.61 Å². The Bertz CT molecular complexity index is 401. The molecule has 0 aliphatic heterocycles. The lowest BCUT2D eigenvalue weighted by Crippen LogP contribution is -2.38. The first-order valence-electron chi connectivity index (χ1n) is 7.26. The van der Waals surface area contributed by atoms with Gasteiger partial charge in [0.15, 0.2) is 5.78 Å². The van der Waals surface area contributed by atoms with E-state index in [-0.39, 0.29) is 18.2 Å². The van der Waals surface area contributed by atoms with Crippen LogP contribution in [0, 0.1) is 5.82 Å². The van der Waals surface area contributed by atoms with Gasteiger partial charge < -0.3 is 5.11 Å². The summed E-state index contributed by atoms with van der Waals surface area (Å²) in [6, 6.07) is 6.04. The van der Waals surface area contributed by atoms with Crippen molar-refractivity contribution in [3.8, 4) is 0 Å². The van der Waals surface area contributed by atoms with Gasteiger partial charge in [-0.2, -0.15) is 0 Å². The summed E-state index contributed by atoms with van der Waals surface area (Å²) in [6.45, 7) is 5.54. The summed E-state index contributed by atoms with van der Waals surface area (Å²) in [5.74, 6) is -0.320. The van der Waals surface area contributed by atoms with Gasteiger partial charge in [0.25, 0.3) is 0 Å². The van der Waals surface area contributed by atoms with Crippen LogP contribution in [0.4, 0.5) is 4.39 Å². The van der Waals surface area contributed by atoms with E-state index < -0.39 is 0 Å². The summed E-state index contributed by atoms with van der Waals surface area (Å²) in [5.41, 5.74) is 0.542. The lowest BCUT2D eigenvalue weighted by molar-refractivity contribution is 0.0927. The van der Waals surface area contributed by atoms with Crippen LogP contribution in [-0.2, 0) is 0 Å². The number of nitrogens with zero attached hydrogens (tertiary/aromatic N) is 1. The molecule has 0 bridgehead atoms. The van der Waals surface area contributed by atoms with Gasteiger partial charge in [-0.05, 0) is 37.1 Å². The van der Waals surface area contributed by atoms with Gasteiger partial charge in [0.1, 0.15) is 5.82 Å². The van der Waals surface area contributed by atoms with Crippen LogP contribution in [0.15, 0.2) is 24.3 Å². The molecule has 0 amide bonds. The molecule has 4 heteroatoms. The first-order valence-corrected chi connectivity index (χ1v) is 7.26. The lowest BCUT2D eigenvalue weighted by Gasteiger charge is -2.29. The topological polar surface area (TPSA) is 40.5 Å². The van der Waals surface area contributed by atoms with Gasteiger partial charge >= 0.3 is 0 Å². The Morgan fingerprint density at radius 1 is 1.20 bits per heavy atom. The van der Waals surface area contributed by atoms with E-state index in [2.05, 4.69) is 18.7 Å². The molecule has 0 radical (unpaired) electrons. The Labute approximate surface area is 120 Å². The Morgan fingerprint density at radius 2 is 1.80 bits per heavy atom. The summed E-state index contributed by atoms with van der Waals surface area (Å²) in [5, 5.41) is 9.12.